The molecule has 0 bridgehead atoms. The summed E-state index contributed by atoms with van der Waals surface area (Å²) in [5.41, 5.74) is 3.34. The Morgan fingerprint density at radius 3 is 2.59 bits per heavy atom. The first kappa shape index (κ1) is 19.5. The van der Waals surface area contributed by atoms with Crippen LogP contribution in [0.5, 0.6) is 0 Å². The minimum absolute atomic E-state index is 0.00636. The fraction of sp³-hybridized carbons (Fsp3) is 0.476. The normalized spacial score (nSPS) is 15.0. The lowest BCUT2D eigenvalue weighted by Gasteiger charge is -2.31. The second-order valence-corrected chi connectivity index (χ2v) is 8.12. The predicted molar refractivity (Wildman–Crippen MR) is 108 cm³/mol. The lowest BCUT2D eigenvalue weighted by atomic mass is 9.97. The number of carbonyl (C=O) groups excluding carboxylic acids is 2. The van der Waals surface area contributed by atoms with Gasteiger partial charge in [-0.2, -0.15) is 0 Å². The zero-order chi connectivity index (χ0) is 19.2. The number of nitrogens with one attached hydrogen (secondary N) is 1. The Labute approximate surface area is 164 Å². The number of thiazole rings is 1. The van der Waals surface area contributed by atoms with Gasteiger partial charge in [-0.25, -0.2) is 4.98 Å². The second kappa shape index (κ2) is 9.13. The molecule has 2 heterocycles. The average Bonchev–Trinajstić information content (AvgIpc) is 3.12. The smallest absolute Gasteiger partial charge is 0.226 e. The molecule has 3 rings (SSSR count). The predicted octanol–water partition coefficient (Wildman–Crippen LogP) is 3.08. The Balaban J connectivity index is 1.47. The number of nitrogens with zero attached hydrogens (tertiary/aromatic N) is 2. The van der Waals surface area contributed by atoms with Crippen LogP contribution in [0.25, 0.3) is 0 Å². The van der Waals surface area contributed by atoms with Crippen molar-refractivity contribution >= 4 is 23.2 Å². The van der Waals surface area contributed by atoms with Crippen LogP contribution in [0.15, 0.2) is 29.6 Å². The van der Waals surface area contributed by atoms with Crippen LogP contribution in [0.3, 0.4) is 0 Å². The standard InChI is InChI=1S/C21H27N3O2S/c1-15-3-5-17(6-4-15)13-20(26)24-11-8-18(9-12-24)21-23-19(14-27-21)7-10-22-16(2)25/h3-6,14,18H,7-13H2,1-2H3,(H,22,25). The van der Waals surface area contributed by atoms with Gasteiger partial charge in [-0.1, -0.05) is 29.8 Å². The minimum atomic E-state index is -0.00636. The quantitative estimate of drug-likeness (QED) is 0.831. The molecule has 5 nitrogen and oxygen atoms in total. The first-order valence-electron chi connectivity index (χ1n) is 9.53. The molecule has 1 aromatic carbocycles. The molecular formula is C21H27N3O2S. The topological polar surface area (TPSA) is 62.3 Å². The van der Waals surface area contributed by atoms with Gasteiger partial charge in [-0.3, -0.25) is 9.59 Å². The zero-order valence-corrected chi connectivity index (χ0v) is 16.8. The summed E-state index contributed by atoms with van der Waals surface area (Å²) >= 11 is 1.70. The summed E-state index contributed by atoms with van der Waals surface area (Å²) in [6.45, 7) is 5.82. The highest BCUT2D eigenvalue weighted by atomic mass is 32.1. The Hall–Kier alpha value is -2.21. The van der Waals surface area contributed by atoms with Crippen molar-refractivity contribution in [3.63, 3.8) is 0 Å². The van der Waals surface area contributed by atoms with Crippen molar-refractivity contribution in [2.45, 2.75) is 45.4 Å². The second-order valence-electron chi connectivity index (χ2n) is 7.23. The van der Waals surface area contributed by atoms with E-state index in [0.717, 1.165) is 43.6 Å². The van der Waals surface area contributed by atoms with Crippen LogP contribution in [-0.2, 0) is 22.4 Å². The molecule has 1 aliphatic heterocycles. The number of piperidine rings is 1. The van der Waals surface area contributed by atoms with Crippen molar-refractivity contribution in [2.75, 3.05) is 19.6 Å². The summed E-state index contributed by atoms with van der Waals surface area (Å²) in [4.78, 5) is 30.2. The molecule has 27 heavy (non-hydrogen) atoms. The summed E-state index contributed by atoms with van der Waals surface area (Å²) < 4.78 is 0. The van der Waals surface area contributed by atoms with Crippen LogP contribution in [0.2, 0.25) is 0 Å². The van der Waals surface area contributed by atoms with E-state index < -0.39 is 0 Å². The van der Waals surface area contributed by atoms with E-state index in [1.165, 1.54) is 17.5 Å². The van der Waals surface area contributed by atoms with E-state index in [2.05, 4.69) is 29.8 Å². The van der Waals surface area contributed by atoms with Gasteiger partial charge < -0.3 is 10.2 Å². The maximum atomic E-state index is 12.6. The largest absolute Gasteiger partial charge is 0.356 e. The number of benzene rings is 1. The molecule has 0 spiro atoms. The van der Waals surface area contributed by atoms with Crippen LogP contribution >= 0.6 is 11.3 Å². The third kappa shape index (κ3) is 5.63. The summed E-state index contributed by atoms with van der Waals surface area (Å²) in [6.07, 6.45) is 3.19. The van der Waals surface area contributed by atoms with E-state index in [4.69, 9.17) is 4.98 Å². The van der Waals surface area contributed by atoms with Crippen LogP contribution < -0.4 is 5.32 Å². The Bertz CT molecular complexity index is 777. The van der Waals surface area contributed by atoms with Gasteiger partial charge in [0.1, 0.15) is 0 Å². The van der Waals surface area contributed by atoms with E-state index in [1.54, 1.807) is 11.3 Å². The fourth-order valence-corrected chi connectivity index (χ4v) is 4.39. The zero-order valence-electron chi connectivity index (χ0n) is 16.0. The van der Waals surface area contributed by atoms with Crippen molar-refractivity contribution in [1.29, 1.82) is 0 Å². The summed E-state index contributed by atoms with van der Waals surface area (Å²) in [5, 5.41) is 6.06. The van der Waals surface area contributed by atoms with E-state index in [-0.39, 0.29) is 11.8 Å². The number of amides is 2. The third-order valence-electron chi connectivity index (χ3n) is 5.00. The summed E-state index contributed by atoms with van der Waals surface area (Å²) in [6, 6.07) is 8.19. The first-order valence-corrected chi connectivity index (χ1v) is 10.4. The molecule has 0 atom stereocenters. The number of likely N-dealkylation sites (tertiary alicyclic amines) is 1. The number of hydrogen-bond acceptors (Lipinski definition) is 4. The van der Waals surface area contributed by atoms with Crippen LogP contribution in [0, 0.1) is 6.92 Å². The molecule has 0 unspecified atom stereocenters. The molecule has 1 N–H and O–H groups in total. The van der Waals surface area contributed by atoms with E-state index in [9.17, 15) is 9.59 Å². The molecule has 0 radical (unpaired) electrons. The molecule has 144 valence electrons. The SMILES string of the molecule is CC(=O)NCCc1csc(C2CCN(C(=O)Cc3ccc(C)cc3)CC2)n1. The molecule has 0 saturated carbocycles. The first-order chi connectivity index (χ1) is 13.0. The van der Waals surface area contributed by atoms with Gasteiger partial charge in [0.25, 0.3) is 0 Å². The lowest BCUT2D eigenvalue weighted by Crippen LogP contribution is -2.38. The number of carbonyl (C=O) groups is 2. The van der Waals surface area contributed by atoms with Crippen LogP contribution in [0.1, 0.15) is 47.5 Å². The van der Waals surface area contributed by atoms with Crippen molar-refractivity contribution < 1.29 is 9.59 Å². The molecule has 2 amide bonds. The molecular weight excluding hydrogens is 358 g/mol. The Kier molecular flexibility index (Phi) is 6.61. The molecule has 1 fully saturated rings. The average molecular weight is 386 g/mol. The highest BCUT2D eigenvalue weighted by molar-refractivity contribution is 7.09. The number of aromatic nitrogens is 1. The maximum Gasteiger partial charge on any atom is 0.226 e. The van der Waals surface area contributed by atoms with Crippen LogP contribution in [0.4, 0.5) is 0 Å². The molecule has 1 saturated heterocycles. The van der Waals surface area contributed by atoms with Crippen molar-refractivity contribution in [1.82, 2.24) is 15.2 Å². The molecule has 1 aliphatic rings. The highest BCUT2D eigenvalue weighted by Crippen LogP contribution is 2.30. The van der Waals surface area contributed by atoms with Crippen molar-refractivity contribution in [2.24, 2.45) is 0 Å². The molecule has 6 heteroatoms. The summed E-state index contributed by atoms with van der Waals surface area (Å²) in [5.74, 6) is 0.647. The monoisotopic (exact) mass is 385 g/mol. The Morgan fingerprint density at radius 2 is 1.93 bits per heavy atom. The van der Waals surface area contributed by atoms with Gasteiger partial charge in [0.2, 0.25) is 11.8 Å². The van der Waals surface area contributed by atoms with Gasteiger partial charge >= 0.3 is 0 Å². The van der Waals surface area contributed by atoms with Crippen LogP contribution in [-0.4, -0.2) is 41.3 Å². The van der Waals surface area contributed by atoms with E-state index in [0.29, 0.717) is 18.9 Å². The number of rotatable bonds is 6. The van der Waals surface area contributed by atoms with Gasteiger partial charge in [-0.05, 0) is 25.3 Å². The molecule has 1 aromatic heterocycles. The van der Waals surface area contributed by atoms with Gasteiger partial charge in [-0.15, -0.1) is 11.3 Å². The van der Waals surface area contributed by atoms with Crippen molar-refractivity contribution in [3.8, 4) is 0 Å². The molecule has 2 aromatic rings. The van der Waals surface area contributed by atoms with Crippen molar-refractivity contribution in [3.05, 3.63) is 51.5 Å². The Morgan fingerprint density at radius 1 is 1.22 bits per heavy atom. The summed E-state index contributed by atoms with van der Waals surface area (Å²) in [7, 11) is 0. The fourth-order valence-electron chi connectivity index (χ4n) is 3.36. The molecule has 0 aliphatic carbocycles. The maximum absolute atomic E-state index is 12.6. The van der Waals surface area contributed by atoms with E-state index >= 15 is 0 Å². The number of aryl methyl sites for hydroxylation is 1. The van der Waals surface area contributed by atoms with Gasteiger partial charge in [0.05, 0.1) is 17.1 Å². The van der Waals surface area contributed by atoms with E-state index in [1.807, 2.05) is 17.0 Å². The highest BCUT2D eigenvalue weighted by Gasteiger charge is 2.25. The van der Waals surface area contributed by atoms with Gasteiger partial charge in [0.15, 0.2) is 0 Å². The van der Waals surface area contributed by atoms with Gasteiger partial charge in [0, 0.05) is 44.3 Å². The minimum Gasteiger partial charge on any atom is -0.356 e. The number of hydrogen-bond donors (Lipinski definition) is 1. The lowest BCUT2D eigenvalue weighted by molar-refractivity contribution is -0.131. The third-order valence-corrected chi connectivity index (χ3v) is 6.05.